The van der Waals surface area contributed by atoms with Crippen LogP contribution in [0.4, 0.5) is 0 Å². The van der Waals surface area contributed by atoms with Crippen LogP contribution in [0, 0.1) is 12.8 Å². The van der Waals surface area contributed by atoms with Crippen LogP contribution in [0.2, 0.25) is 0 Å². The molecule has 4 heteroatoms. The predicted molar refractivity (Wildman–Crippen MR) is 84.9 cm³/mol. The van der Waals surface area contributed by atoms with E-state index in [0.29, 0.717) is 18.0 Å². The van der Waals surface area contributed by atoms with E-state index < -0.39 is 0 Å². The van der Waals surface area contributed by atoms with Gasteiger partial charge in [0.2, 0.25) is 0 Å². The van der Waals surface area contributed by atoms with Gasteiger partial charge in [-0.15, -0.1) is 11.6 Å². The summed E-state index contributed by atoms with van der Waals surface area (Å²) in [7, 11) is 0. The van der Waals surface area contributed by atoms with Crippen LogP contribution in [0.5, 0.6) is 0 Å². The molecule has 1 rings (SSSR count). The van der Waals surface area contributed by atoms with Crippen molar-refractivity contribution in [2.75, 3.05) is 6.54 Å². The summed E-state index contributed by atoms with van der Waals surface area (Å²) in [6.07, 6.45) is 2.07. The predicted octanol–water partition coefficient (Wildman–Crippen LogP) is 4.53. The van der Waals surface area contributed by atoms with Crippen LogP contribution in [-0.2, 0) is 0 Å². The molecule has 1 unspecified atom stereocenters. The number of amides is 1. The van der Waals surface area contributed by atoms with Gasteiger partial charge in [0.15, 0.2) is 0 Å². The van der Waals surface area contributed by atoms with Crippen molar-refractivity contribution in [3.05, 3.63) is 33.8 Å². The van der Waals surface area contributed by atoms with Crippen LogP contribution >= 0.6 is 27.5 Å². The van der Waals surface area contributed by atoms with Crippen molar-refractivity contribution < 1.29 is 4.79 Å². The van der Waals surface area contributed by atoms with Gasteiger partial charge in [0.25, 0.3) is 5.91 Å². The van der Waals surface area contributed by atoms with Crippen molar-refractivity contribution in [2.45, 2.75) is 39.0 Å². The summed E-state index contributed by atoms with van der Waals surface area (Å²) in [4.78, 5) is 12.1. The van der Waals surface area contributed by atoms with Gasteiger partial charge >= 0.3 is 0 Å². The highest BCUT2D eigenvalue weighted by Gasteiger charge is 2.18. The van der Waals surface area contributed by atoms with E-state index in [1.807, 2.05) is 25.1 Å². The summed E-state index contributed by atoms with van der Waals surface area (Å²) in [6, 6.07) is 5.66. The van der Waals surface area contributed by atoms with Gasteiger partial charge < -0.3 is 5.32 Å². The molecule has 1 N–H and O–H groups in total. The molecule has 0 saturated heterocycles. The van der Waals surface area contributed by atoms with Gasteiger partial charge in [-0.05, 0) is 40.4 Å². The zero-order valence-electron chi connectivity index (χ0n) is 11.7. The maximum absolute atomic E-state index is 12.1. The second-order valence-electron chi connectivity index (χ2n) is 4.74. The lowest BCUT2D eigenvalue weighted by atomic mass is 9.99. The Hall–Kier alpha value is -0.540. The number of carbonyl (C=O) groups is 1. The first-order valence-electron chi connectivity index (χ1n) is 6.68. The van der Waals surface area contributed by atoms with E-state index in [1.165, 1.54) is 0 Å². The number of hydrogen-bond donors (Lipinski definition) is 1. The van der Waals surface area contributed by atoms with Gasteiger partial charge in [-0.2, -0.15) is 0 Å². The molecule has 0 fully saturated rings. The Morgan fingerprint density at radius 2 is 2.00 bits per heavy atom. The lowest BCUT2D eigenvalue weighted by Crippen LogP contribution is -2.33. The third-order valence-corrected chi connectivity index (χ3v) is 5.02. The second-order valence-corrected chi connectivity index (χ2v) is 6.09. The average molecular weight is 347 g/mol. The molecule has 0 saturated carbocycles. The Kier molecular flexibility index (Phi) is 6.87. The Bertz CT molecular complexity index is 432. The van der Waals surface area contributed by atoms with E-state index in [-0.39, 0.29) is 11.3 Å². The first kappa shape index (κ1) is 16.5. The van der Waals surface area contributed by atoms with Crippen molar-refractivity contribution in [3.63, 3.8) is 0 Å². The highest BCUT2D eigenvalue weighted by atomic mass is 79.9. The molecule has 1 amide bonds. The van der Waals surface area contributed by atoms with Gasteiger partial charge in [-0.1, -0.05) is 38.8 Å². The van der Waals surface area contributed by atoms with Gasteiger partial charge in [0.1, 0.15) is 0 Å². The van der Waals surface area contributed by atoms with Crippen LogP contribution in [0.15, 0.2) is 22.7 Å². The standard InChI is InChI=1S/C15H21BrClNO/c1-4-11(5-2)13(17)9-18-15(19)12-8-6-7-10(3)14(12)16/h6-8,11,13H,4-5,9H2,1-3H3,(H,18,19). The molecular formula is C15H21BrClNO. The van der Waals surface area contributed by atoms with Crippen molar-refractivity contribution in [3.8, 4) is 0 Å². The summed E-state index contributed by atoms with van der Waals surface area (Å²) in [5.41, 5.74) is 1.71. The summed E-state index contributed by atoms with van der Waals surface area (Å²) in [5.74, 6) is 0.370. The quantitative estimate of drug-likeness (QED) is 0.753. The molecule has 106 valence electrons. The minimum Gasteiger partial charge on any atom is -0.351 e. The summed E-state index contributed by atoms with van der Waals surface area (Å²) >= 11 is 9.77. The zero-order chi connectivity index (χ0) is 14.4. The highest BCUT2D eigenvalue weighted by molar-refractivity contribution is 9.10. The van der Waals surface area contributed by atoms with E-state index >= 15 is 0 Å². The topological polar surface area (TPSA) is 29.1 Å². The molecule has 0 aromatic heterocycles. The van der Waals surface area contributed by atoms with E-state index in [0.717, 1.165) is 22.9 Å². The molecule has 0 radical (unpaired) electrons. The van der Waals surface area contributed by atoms with E-state index in [2.05, 4.69) is 35.1 Å². The Balaban J connectivity index is 2.63. The lowest BCUT2D eigenvalue weighted by Gasteiger charge is -2.19. The smallest absolute Gasteiger partial charge is 0.252 e. The highest BCUT2D eigenvalue weighted by Crippen LogP contribution is 2.21. The maximum Gasteiger partial charge on any atom is 0.252 e. The molecule has 1 atom stereocenters. The average Bonchev–Trinajstić information content (AvgIpc) is 2.40. The van der Waals surface area contributed by atoms with Crippen molar-refractivity contribution >= 4 is 33.4 Å². The fraction of sp³-hybridized carbons (Fsp3) is 0.533. The van der Waals surface area contributed by atoms with Gasteiger partial charge in [0, 0.05) is 11.0 Å². The van der Waals surface area contributed by atoms with E-state index in [9.17, 15) is 4.79 Å². The molecule has 0 aliphatic rings. The minimum absolute atomic E-state index is 0.0115. The number of benzene rings is 1. The summed E-state index contributed by atoms with van der Waals surface area (Å²) in [6.45, 7) is 6.73. The monoisotopic (exact) mass is 345 g/mol. The Morgan fingerprint density at radius 3 is 2.58 bits per heavy atom. The third-order valence-electron chi connectivity index (χ3n) is 3.45. The molecule has 19 heavy (non-hydrogen) atoms. The second kappa shape index (κ2) is 7.91. The Morgan fingerprint density at radius 1 is 1.37 bits per heavy atom. The minimum atomic E-state index is -0.0767. The first-order chi connectivity index (χ1) is 9.01. The summed E-state index contributed by atoms with van der Waals surface area (Å²) in [5, 5.41) is 2.90. The Labute approximate surface area is 129 Å². The SMILES string of the molecule is CCC(CC)C(Cl)CNC(=O)c1cccc(C)c1Br. The fourth-order valence-corrected chi connectivity index (χ4v) is 2.95. The molecule has 0 heterocycles. The molecule has 0 aliphatic carbocycles. The van der Waals surface area contributed by atoms with Crippen LogP contribution in [0.25, 0.3) is 0 Å². The number of rotatable bonds is 6. The van der Waals surface area contributed by atoms with Crippen molar-refractivity contribution in [1.29, 1.82) is 0 Å². The largest absolute Gasteiger partial charge is 0.351 e. The van der Waals surface area contributed by atoms with Crippen LogP contribution in [0.1, 0.15) is 42.6 Å². The van der Waals surface area contributed by atoms with Crippen LogP contribution < -0.4 is 5.32 Å². The molecule has 1 aromatic rings. The number of hydrogen-bond acceptors (Lipinski definition) is 1. The zero-order valence-corrected chi connectivity index (χ0v) is 14.0. The fourth-order valence-electron chi connectivity index (χ4n) is 2.08. The van der Waals surface area contributed by atoms with Gasteiger partial charge in [0.05, 0.1) is 10.9 Å². The maximum atomic E-state index is 12.1. The normalized spacial score (nSPS) is 12.5. The number of carbonyl (C=O) groups excluding carboxylic acids is 1. The molecular weight excluding hydrogens is 326 g/mol. The van der Waals surface area contributed by atoms with Gasteiger partial charge in [-0.3, -0.25) is 4.79 Å². The molecule has 0 bridgehead atoms. The lowest BCUT2D eigenvalue weighted by molar-refractivity contribution is 0.0950. The van der Waals surface area contributed by atoms with Crippen LogP contribution in [-0.4, -0.2) is 17.8 Å². The molecule has 0 spiro atoms. The first-order valence-corrected chi connectivity index (χ1v) is 7.91. The number of halogens is 2. The summed E-state index contributed by atoms with van der Waals surface area (Å²) < 4.78 is 0.848. The van der Waals surface area contributed by atoms with Gasteiger partial charge in [-0.25, -0.2) is 0 Å². The molecule has 0 aliphatic heterocycles. The van der Waals surface area contributed by atoms with Crippen LogP contribution in [0.3, 0.4) is 0 Å². The van der Waals surface area contributed by atoms with E-state index in [4.69, 9.17) is 11.6 Å². The van der Waals surface area contributed by atoms with E-state index in [1.54, 1.807) is 0 Å². The third kappa shape index (κ3) is 4.50. The molecule has 2 nitrogen and oxygen atoms in total. The molecule has 1 aromatic carbocycles. The van der Waals surface area contributed by atoms with Crippen molar-refractivity contribution in [1.82, 2.24) is 5.32 Å². The van der Waals surface area contributed by atoms with Crippen molar-refractivity contribution in [2.24, 2.45) is 5.92 Å². The number of nitrogens with one attached hydrogen (secondary N) is 1. The number of aryl methyl sites for hydroxylation is 1. The number of alkyl halides is 1.